The van der Waals surface area contributed by atoms with Crippen molar-refractivity contribution >= 4 is 12.0 Å². The molecule has 0 aliphatic heterocycles. The molecule has 0 heterocycles. The minimum absolute atomic E-state index is 0.261. The van der Waals surface area contributed by atoms with E-state index in [1.165, 1.54) is 18.2 Å². The van der Waals surface area contributed by atoms with Gasteiger partial charge in [0.2, 0.25) is 5.91 Å². The van der Waals surface area contributed by atoms with Crippen LogP contribution in [0.5, 0.6) is 0 Å². The van der Waals surface area contributed by atoms with Crippen LogP contribution in [0.2, 0.25) is 0 Å². The van der Waals surface area contributed by atoms with E-state index in [-0.39, 0.29) is 11.7 Å². The van der Waals surface area contributed by atoms with Gasteiger partial charge in [-0.2, -0.15) is 5.26 Å². The Kier molecular flexibility index (Phi) is 4.84. The lowest BCUT2D eigenvalue weighted by molar-refractivity contribution is -0.116. The number of carbonyl (C=O) groups excluding carboxylic acids is 1. The zero-order chi connectivity index (χ0) is 15.1. The van der Waals surface area contributed by atoms with E-state index in [2.05, 4.69) is 5.32 Å². The van der Waals surface area contributed by atoms with Gasteiger partial charge in [0.15, 0.2) is 0 Å². The summed E-state index contributed by atoms with van der Waals surface area (Å²) in [5.41, 5.74) is 2.11. The third kappa shape index (κ3) is 4.59. The van der Waals surface area contributed by atoms with Crippen molar-refractivity contribution in [2.75, 3.05) is 0 Å². The van der Waals surface area contributed by atoms with Crippen molar-refractivity contribution < 1.29 is 9.18 Å². The Morgan fingerprint density at radius 1 is 1.24 bits per heavy atom. The van der Waals surface area contributed by atoms with Crippen molar-refractivity contribution in [2.45, 2.75) is 6.54 Å². The van der Waals surface area contributed by atoms with Crippen LogP contribution in [0, 0.1) is 17.1 Å². The van der Waals surface area contributed by atoms with Crippen LogP contribution in [0.25, 0.3) is 6.08 Å². The van der Waals surface area contributed by atoms with E-state index in [9.17, 15) is 9.18 Å². The van der Waals surface area contributed by atoms with Crippen molar-refractivity contribution in [3.63, 3.8) is 0 Å². The van der Waals surface area contributed by atoms with E-state index >= 15 is 0 Å². The van der Waals surface area contributed by atoms with Crippen LogP contribution in [0.1, 0.15) is 16.7 Å². The Hall–Kier alpha value is -2.93. The Labute approximate surface area is 122 Å². The van der Waals surface area contributed by atoms with Gasteiger partial charge in [-0.3, -0.25) is 4.79 Å². The maximum Gasteiger partial charge on any atom is 0.244 e. The number of carbonyl (C=O) groups is 1. The maximum atomic E-state index is 13.0. The van der Waals surface area contributed by atoms with Gasteiger partial charge >= 0.3 is 0 Å². The Morgan fingerprint density at radius 3 is 2.67 bits per heavy atom. The van der Waals surface area contributed by atoms with E-state index in [1.807, 2.05) is 6.07 Å². The van der Waals surface area contributed by atoms with Crippen LogP contribution in [-0.2, 0) is 11.3 Å². The molecule has 0 radical (unpaired) electrons. The van der Waals surface area contributed by atoms with Gasteiger partial charge in [0.1, 0.15) is 5.82 Å². The molecule has 104 valence electrons. The van der Waals surface area contributed by atoms with E-state index in [4.69, 9.17) is 5.26 Å². The smallest absolute Gasteiger partial charge is 0.244 e. The average Bonchev–Trinajstić information content (AvgIpc) is 2.51. The Morgan fingerprint density at radius 2 is 2.00 bits per heavy atom. The number of halogens is 1. The van der Waals surface area contributed by atoms with Gasteiger partial charge in [-0.1, -0.05) is 24.3 Å². The molecule has 0 bridgehead atoms. The molecule has 0 aliphatic rings. The largest absolute Gasteiger partial charge is 0.348 e. The number of hydrogen-bond donors (Lipinski definition) is 1. The molecule has 2 aromatic rings. The summed E-state index contributed by atoms with van der Waals surface area (Å²) in [4.78, 5) is 11.7. The van der Waals surface area contributed by atoms with Gasteiger partial charge in [-0.25, -0.2) is 4.39 Å². The first-order valence-electron chi connectivity index (χ1n) is 6.38. The van der Waals surface area contributed by atoms with Crippen LogP contribution >= 0.6 is 0 Å². The van der Waals surface area contributed by atoms with Gasteiger partial charge in [-0.15, -0.1) is 0 Å². The van der Waals surface area contributed by atoms with E-state index < -0.39 is 0 Å². The number of rotatable bonds is 4. The van der Waals surface area contributed by atoms with E-state index in [1.54, 1.807) is 42.5 Å². The van der Waals surface area contributed by atoms with E-state index in [0.717, 1.165) is 5.56 Å². The summed E-state index contributed by atoms with van der Waals surface area (Å²) < 4.78 is 13.0. The molecule has 2 aromatic carbocycles. The molecule has 0 fully saturated rings. The molecule has 0 saturated carbocycles. The number of hydrogen-bond acceptors (Lipinski definition) is 2. The molecule has 0 unspecified atom stereocenters. The third-order valence-electron chi connectivity index (χ3n) is 2.83. The lowest BCUT2D eigenvalue weighted by atomic mass is 10.1. The molecule has 0 saturated heterocycles. The molecule has 2 rings (SSSR count). The van der Waals surface area contributed by atoms with Crippen molar-refractivity contribution in [1.82, 2.24) is 5.32 Å². The van der Waals surface area contributed by atoms with Crippen LogP contribution in [0.3, 0.4) is 0 Å². The topological polar surface area (TPSA) is 52.9 Å². The third-order valence-corrected chi connectivity index (χ3v) is 2.83. The summed E-state index contributed by atoms with van der Waals surface area (Å²) in [6.07, 6.45) is 2.91. The molecule has 1 amide bonds. The fourth-order valence-corrected chi connectivity index (χ4v) is 1.73. The second kappa shape index (κ2) is 7.01. The first-order chi connectivity index (χ1) is 10.2. The quantitative estimate of drug-likeness (QED) is 0.875. The minimum Gasteiger partial charge on any atom is -0.348 e. The molecular formula is C17H13FN2O. The number of nitrogens with zero attached hydrogens (tertiary/aromatic N) is 1. The Bertz CT molecular complexity index is 699. The van der Waals surface area contributed by atoms with Gasteiger partial charge in [0.05, 0.1) is 11.6 Å². The molecule has 3 nitrogen and oxygen atoms in total. The highest BCUT2D eigenvalue weighted by Crippen LogP contribution is 2.05. The highest BCUT2D eigenvalue weighted by Gasteiger charge is 1.98. The van der Waals surface area contributed by atoms with E-state index in [0.29, 0.717) is 17.7 Å². The molecule has 4 heteroatoms. The molecule has 0 spiro atoms. The summed E-state index contributed by atoms with van der Waals surface area (Å²) in [5, 5.41) is 11.4. The van der Waals surface area contributed by atoms with Gasteiger partial charge in [-0.05, 0) is 41.5 Å². The molecule has 0 aromatic heterocycles. The summed E-state index contributed by atoms with van der Waals surface area (Å²) in [6.45, 7) is 0.373. The zero-order valence-corrected chi connectivity index (χ0v) is 11.2. The molecule has 21 heavy (non-hydrogen) atoms. The van der Waals surface area contributed by atoms with Crippen LogP contribution < -0.4 is 5.32 Å². The first-order valence-corrected chi connectivity index (χ1v) is 6.38. The fraction of sp³-hybridized carbons (Fsp3) is 0.0588. The van der Waals surface area contributed by atoms with Gasteiger partial charge in [0, 0.05) is 12.6 Å². The standard InChI is InChI=1S/C17H13FN2O/c18-16-3-1-2-13(10-16)8-9-17(21)20-12-15-6-4-14(11-19)5-7-15/h1-10H,12H2,(H,20,21)/b9-8+. The van der Waals surface area contributed by atoms with Crippen molar-refractivity contribution in [3.8, 4) is 6.07 Å². The summed E-state index contributed by atoms with van der Waals surface area (Å²) in [5.74, 6) is -0.598. The van der Waals surface area contributed by atoms with Crippen molar-refractivity contribution in [2.24, 2.45) is 0 Å². The summed E-state index contributed by atoms with van der Waals surface area (Å²) in [6, 6.07) is 15.0. The molecular weight excluding hydrogens is 267 g/mol. The fourth-order valence-electron chi connectivity index (χ4n) is 1.73. The highest BCUT2D eigenvalue weighted by molar-refractivity contribution is 5.91. The average molecular weight is 280 g/mol. The molecule has 0 aliphatic carbocycles. The second-order valence-electron chi connectivity index (χ2n) is 4.41. The zero-order valence-electron chi connectivity index (χ0n) is 11.2. The van der Waals surface area contributed by atoms with Crippen LogP contribution in [0.15, 0.2) is 54.6 Å². The predicted molar refractivity (Wildman–Crippen MR) is 78.4 cm³/mol. The van der Waals surface area contributed by atoms with Gasteiger partial charge < -0.3 is 5.32 Å². The maximum absolute atomic E-state index is 13.0. The highest BCUT2D eigenvalue weighted by atomic mass is 19.1. The van der Waals surface area contributed by atoms with Gasteiger partial charge in [0.25, 0.3) is 0 Å². The Balaban J connectivity index is 1.88. The molecule has 1 N–H and O–H groups in total. The van der Waals surface area contributed by atoms with Crippen molar-refractivity contribution in [3.05, 3.63) is 77.1 Å². The SMILES string of the molecule is N#Cc1ccc(CNC(=O)/C=C/c2cccc(F)c2)cc1. The summed E-state index contributed by atoms with van der Waals surface area (Å²) >= 11 is 0. The van der Waals surface area contributed by atoms with Crippen LogP contribution in [-0.4, -0.2) is 5.91 Å². The minimum atomic E-state index is -0.338. The predicted octanol–water partition coefficient (Wildman–Crippen LogP) is 3.03. The lowest BCUT2D eigenvalue weighted by Crippen LogP contribution is -2.20. The first kappa shape index (κ1) is 14.5. The molecule has 0 atom stereocenters. The number of amides is 1. The number of benzene rings is 2. The second-order valence-corrected chi connectivity index (χ2v) is 4.41. The summed E-state index contributed by atoms with van der Waals surface area (Å²) in [7, 11) is 0. The monoisotopic (exact) mass is 280 g/mol. The lowest BCUT2D eigenvalue weighted by Gasteiger charge is -2.02. The van der Waals surface area contributed by atoms with Crippen molar-refractivity contribution in [1.29, 1.82) is 5.26 Å². The number of nitriles is 1. The van der Waals surface area contributed by atoms with Crippen LogP contribution in [0.4, 0.5) is 4.39 Å². The normalized spacial score (nSPS) is 10.3. The number of nitrogens with one attached hydrogen (secondary N) is 1.